The minimum Gasteiger partial charge on any atom is -0.338 e. The molecule has 4 nitrogen and oxygen atoms in total. The lowest BCUT2D eigenvalue weighted by molar-refractivity contribution is 0.0784. The van der Waals surface area contributed by atoms with Gasteiger partial charge in [0.2, 0.25) is 0 Å². The average molecular weight is 327 g/mol. The minimum atomic E-state index is 0.210. The molecule has 2 atom stereocenters. The number of fused-ring (bicyclic) bond motifs is 1. The SMILES string of the molecule is O=C(c1ccsc1)N1C[C@H]2CCN(Cc3ccncc3)C[C@H]2C1. The second kappa shape index (κ2) is 6.42. The van der Waals surface area contributed by atoms with Crippen LogP contribution in [0.25, 0.3) is 0 Å². The van der Waals surface area contributed by atoms with Gasteiger partial charge >= 0.3 is 0 Å². The fourth-order valence-electron chi connectivity index (χ4n) is 3.87. The smallest absolute Gasteiger partial charge is 0.254 e. The van der Waals surface area contributed by atoms with Crippen molar-refractivity contribution in [1.29, 1.82) is 0 Å². The number of hydrogen-bond donors (Lipinski definition) is 0. The van der Waals surface area contributed by atoms with Crippen LogP contribution in [0.4, 0.5) is 0 Å². The zero-order chi connectivity index (χ0) is 15.6. The molecule has 0 radical (unpaired) electrons. The first-order valence-electron chi connectivity index (χ1n) is 8.22. The van der Waals surface area contributed by atoms with E-state index in [1.54, 1.807) is 11.3 Å². The predicted octanol–water partition coefficient (Wildman–Crippen LogP) is 2.74. The largest absolute Gasteiger partial charge is 0.338 e. The van der Waals surface area contributed by atoms with Gasteiger partial charge in [-0.25, -0.2) is 0 Å². The van der Waals surface area contributed by atoms with Crippen molar-refractivity contribution in [2.24, 2.45) is 11.8 Å². The lowest BCUT2D eigenvalue weighted by Gasteiger charge is -2.34. The fraction of sp³-hybridized carbons (Fsp3) is 0.444. The molecule has 2 aliphatic heterocycles. The van der Waals surface area contributed by atoms with Crippen molar-refractivity contribution in [1.82, 2.24) is 14.8 Å². The summed E-state index contributed by atoms with van der Waals surface area (Å²) in [5.41, 5.74) is 2.17. The van der Waals surface area contributed by atoms with Crippen LogP contribution in [0.3, 0.4) is 0 Å². The molecular formula is C18H21N3OS. The molecule has 2 saturated heterocycles. The molecule has 1 amide bonds. The maximum atomic E-state index is 12.5. The van der Waals surface area contributed by atoms with Gasteiger partial charge in [0.05, 0.1) is 5.56 Å². The van der Waals surface area contributed by atoms with Crippen molar-refractivity contribution < 1.29 is 4.79 Å². The van der Waals surface area contributed by atoms with E-state index < -0.39 is 0 Å². The molecule has 2 aromatic heterocycles. The highest BCUT2D eigenvalue weighted by Gasteiger charge is 2.38. The van der Waals surface area contributed by atoms with Crippen molar-refractivity contribution in [3.63, 3.8) is 0 Å². The zero-order valence-corrected chi connectivity index (χ0v) is 13.9. The molecule has 2 aromatic rings. The Bertz CT molecular complexity index is 658. The number of amides is 1. The van der Waals surface area contributed by atoms with Crippen LogP contribution >= 0.6 is 11.3 Å². The first-order valence-corrected chi connectivity index (χ1v) is 9.16. The van der Waals surface area contributed by atoms with Crippen LogP contribution < -0.4 is 0 Å². The van der Waals surface area contributed by atoms with Crippen LogP contribution in [0.2, 0.25) is 0 Å². The maximum Gasteiger partial charge on any atom is 0.254 e. The molecule has 0 aromatic carbocycles. The molecule has 0 N–H and O–H groups in total. The zero-order valence-electron chi connectivity index (χ0n) is 13.1. The summed E-state index contributed by atoms with van der Waals surface area (Å²) in [6.45, 7) is 5.06. The summed E-state index contributed by atoms with van der Waals surface area (Å²) in [5, 5.41) is 3.94. The summed E-state index contributed by atoms with van der Waals surface area (Å²) in [6, 6.07) is 6.12. The second-order valence-corrected chi connectivity index (χ2v) is 7.40. The van der Waals surface area contributed by atoms with Crippen molar-refractivity contribution >= 4 is 17.2 Å². The number of aromatic nitrogens is 1. The first kappa shape index (κ1) is 14.8. The van der Waals surface area contributed by atoms with Gasteiger partial charge in [-0.3, -0.25) is 14.7 Å². The highest BCUT2D eigenvalue weighted by Crippen LogP contribution is 2.32. The van der Waals surface area contributed by atoms with Gasteiger partial charge in [-0.1, -0.05) is 0 Å². The molecule has 0 spiro atoms. The number of piperidine rings is 1. The van der Waals surface area contributed by atoms with Crippen LogP contribution in [0, 0.1) is 11.8 Å². The molecule has 0 aliphatic carbocycles. The van der Waals surface area contributed by atoms with E-state index in [0.29, 0.717) is 11.8 Å². The summed E-state index contributed by atoms with van der Waals surface area (Å²) in [6.07, 6.45) is 4.92. The van der Waals surface area contributed by atoms with Crippen LogP contribution in [-0.4, -0.2) is 46.9 Å². The highest BCUT2D eigenvalue weighted by atomic mass is 32.1. The Labute approximate surface area is 140 Å². The molecule has 2 aliphatic rings. The number of likely N-dealkylation sites (tertiary alicyclic amines) is 2. The summed E-state index contributed by atoms with van der Waals surface area (Å²) < 4.78 is 0. The van der Waals surface area contributed by atoms with E-state index in [9.17, 15) is 4.79 Å². The standard InChI is InChI=1S/C18H21N3OS/c22-18(16-4-8-23-13-16)21-11-15-3-7-20(10-17(15)12-21)9-14-1-5-19-6-2-14/h1-2,4-6,8,13,15,17H,3,7,9-12H2/t15-,17+/m1/s1. The molecule has 4 heterocycles. The Morgan fingerprint density at radius 1 is 1.17 bits per heavy atom. The second-order valence-electron chi connectivity index (χ2n) is 6.62. The van der Waals surface area contributed by atoms with Gasteiger partial charge in [-0.05, 0) is 53.9 Å². The minimum absolute atomic E-state index is 0.210. The first-order chi connectivity index (χ1) is 11.3. The normalized spacial score (nSPS) is 24.6. The van der Waals surface area contributed by atoms with Crippen molar-refractivity contribution in [3.05, 3.63) is 52.5 Å². The third kappa shape index (κ3) is 3.16. The monoisotopic (exact) mass is 327 g/mol. The Morgan fingerprint density at radius 2 is 2.00 bits per heavy atom. The van der Waals surface area contributed by atoms with Crippen LogP contribution in [0.5, 0.6) is 0 Å². The Kier molecular flexibility index (Phi) is 4.14. The van der Waals surface area contributed by atoms with Crippen molar-refractivity contribution in [2.75, 3.05) is 26.2 Å². The molecule has 2 fully saturated rings. The van der Waals surface area contributed by atoms with Crippen LogP contribution in [0.1, 0.15) is 22.3 Å². The molecule has 23 heavy (non-hydrogen) atoms. The third-order valence-corrected chi connectivity index (χ3v) is 5.78. The van der Waals surface area contributed by atoms with Crippen LogP contribution in [-0.2, 0) is 6.54 Å². The molecule has 0 unspecified atom stereocenters. The average Bonchev–Trinajstić information content (AvgIpc) is 3.24. The van der Waals surface area contributed by atoms with E-state index in [0.717, 1.165) is 38.3 Å². The van der Waals surface area contributed by atoms with Gasteiger partial charge in [-0.15, -0.1) is 0 Å². The number of thiophene rings is 1. The number of pyridine rings is 1. The van der Waals surface area contributed by atoms with Gasteiger partial charge in [0.1, 0.15) is 0 Å². The van der Waals surface area contributed by atoms with Crippen molar-refractivity contribution in [3.8, 4) is 0 Å². The van der Waals surface area contributed by atoms with Gasteiger partial charge in [0.25, 0.3) is 5.91 Å². The Balaban J connectivity index is 1.38. The van der Waals surface area contributed by atoms with E-state index >= 15 is 0 Å². The number of rotatable bonds is 3. The van der Waals surface area contributed by atoms with Gasteiger partial charge in [0.15, 0.2) is 0 Å². The molecule has 0 saturated carbocycles. The van der Waals surface area contributed by atoms with Crippen molar-refractivity contribution in [2.45, 2.75) is 13.0 Å². The van der Waals surface area contributed by atoms with Gasteiger partial charge < -0.3 is 4.90 Å². The Morgan fingerprint density at radius 3 is 2.78 bits per heavy atom. The number of carbonyl (C=O) groups excluding carboxylic acids is 1. The molecule has 120 valence electrons. The maximum absolute atomic E-state index is 12.5. The quantitative estimate of drug-likeness (QED) is 0.870. The third-order valence-electron chi connectivity index (χ3n) is 5.10. The van der Waals surface area contributed by atoms with E-state index in [2.05, 4.69) is 26.9 Å². The summed E-state index contributed by atoms with van der Waals surface area (Å²) in [7, 11) is 0. The molecule has 5 heteroatoms. The number of nitrogens with zero attached hydrogens (tertiary/aromatic N) is 3. The predicted molar refractivity (Wildman–Crippen MR) is 91.3 cm³/mol. The molecular weight excluding hydrogens is 306 g/mol. The topological polar surface area (TPSA) is 36.4 Å². The number of hydrogen-bond acceptors (Lipinski definition) is 4. The lowest BCUT2D eigenvalue weighted by atomic mass is 9.88. The van der Waals surface area contributed by atoms with Crippen LogP contribution in [0.15, 0.2) is 41.4 Å². The summed E-state index contributed by atoms with van der Waals surface area (Å²) in [4.78, 5) is 21.2. The van der Waals surface area contributed by atoms with Gasteiger partial charge in [0, 0.05) is 44.0 Å². The van der Waals surface area contributed by atoms with E-state index in [1.807, 2.05) is 29.2 Å². The lowest BCUT2D eigenvalue weighted by Crippen LogP contribution is -2.39. The fourth-order valence-corrected chi connectivity index (χ4v) is 4.50. The molecule has 0 bridgehead atoms. The summed E-state index contributed by atoms with van der Waals surface area (Å²) in [5.74, 6) is 1.50. The van der Waals surface area contributed by atoms with E-state index in [1.165, 1.54) is 12.0 Å². The van der Waals surface area contributed by atoms with E-state index in [-0.39, 0.29) is 5.91 Å². The Hall–Kier alpha value is -1.72. The highest BCUT2D eigenvalue weighted by molar-refractivity contribution is 7.08. The molecule has 4 rings (SSSR count). The van der Waals surface area contributed by atoms with Gasteiger partial charge in [-0.2, -0.15) is 11.3 Å². The number of carbonyl (C=O) groups is 1. The van der Waals surface area contributed by atoms with E-state index in [4.69, 9.17) is 0 Å². The summed E-state index contributed by atoms with van der Waals surface area (Å²) >= 11 is 1.59.